The molecule has 0 spiro atoms. The molecule has 2 rings (SSSR count). The van der Waals surface area contributed by atoms with Crippen molar-refractivity contribution in [1.82, 2.24) is 9.97 Å². The van der Waals surface area contributed by atoms with Crippen LogP contribution >= 0.6 is 11.8 Å². The van der Waals surface area contributed by atoms with Gasteiger partial charge in [0.05, 0.1) is 0 Å². The maximum absolute atomic E-state index is 5.69. The second kappa shape index (κ2) is 6.13. The van der Waals surface area contributed by atoms with Gasteiger partial charge in [0.1, 0.15) is 11.6 Å². The summed E-state index contributed by atoms with van der Waals surface area (Å²) in [4.78, 5) is 8.32. The summed E-state index contributed by atoms with van der Waals surface area (Å²) in [6, 6.07) is 2.40. The molecule has 0 radical (unpaired) electrons. The van der Waals surface area contributed by atoms with Gasteiger partial charge in [0.25, 0.3) is 0 Å². The van der Waals surface area contributed by atoms with Gasteiger partial charge in [0.2, 0.25) is 5.95 Å². The summed E-state index contributed by atoms with van der Waals surface area (Å²) in [5, 5.41) is 7.23. The van der Waals surface area contributed by atoms with Crippen molar-refractivity contribution in [1.29, 1.82) is 0 Å². The van der Waals surface area contributed by atoms with Gasteiger partial charge in [-0.2, -0.15) is 21.7 Å². The van der Waals surface area contributed by atoms with Gasteiger partial charge >= 0.3 is 0 Å². The summed E-state index contributed by atoms with van der Waals surface area (Å²) in [6.45, 7) is 0. The molecule has 1 aromatic rings. The van der Waals surface area contributed by atoms with Crippen LogP contribution in [0.4, 0.5) is 17.6 Å². The summed E-state index contributed by atoms with van der Waals surface area (Å²) in [6.07, 6.45) is 7.19. The highest BCUT2D eigenvalue weighted by Gasteiger charge is 2.21. The molecule has 0 saturated heterocycles. The predicted molar refractivity (Wildman–Crippen MR) is 79.2 cm³/mol. The van der Waals surface area contributed by atoms with Gasteiger partial charge in [-0.25, -0.2) is 0 Å². The van der Waals surface area contributed by atoms with Gasteiger partial charge in [-0.15, -0.1) is 0 Å². The first-order valence-electron chi connectivity index (χ1n) is 6.33. The third kappa shape index (κ3) is 3.41. The minimum Gasteiger partial charge on any atom is -0.373 e. The van der Waals surface area contributed by atoms with E-state index in [9.17, 15) is 0 Å². The molecule has 1 fully saturated rings. The molecule has 5 nitrogen and oxygen atoms in total. The summed E-state index contributed by atoms with van der Waals surface area (Å²) in [7, 11) is 1.83. The smallest absolute Gasteiger partial charge is 0.223 e. The van der Waals surface area contributed by atoms with Crippen LogP contribution in [-0.2, 0) is 0 Å². The Balaban J connectivity index is 2.02. The Morgan fingerprint density at radius 1 is 1.33 bits per heavy atom. The van der Waals surface area contributed by atoms with Crippen molar-refractivity contribution >= 4 is 29.3 Å². The molecule has 18 heavy (non-hydrogen) atoms. The number of nitrogen functional groups attached to an aromatic ring is 1. The summed E-state index contributed by atoms with van der Waals surface area (Å²) < 4.78 is 0. The first kappa shape index (κ1) is 13.3. The molecular weight excluding hydrogens is 246 g/mol. The normalized spacial score (nSPS) is 23.7. The average Bonchev–Trinajstić information content (AvgIpc) is 2.38. The average molecular weight is 267 g/mol. The number of hydrogen-bond acceptors (Lipinski definition) is 6. The fourth-order valence-corrected chi connectivity index (χ4v) is 3.19. The lowest BCUT2D eigenvalue weighted by Gasteiger charge is -2.29. The van der Waals surface area contributed by atoms with E-state index < -0.39 is 0 Å². The van der Waals surface area contributed by atoms with Crippen LogP contribution in [0.5, 0.6) is 0 Å². The standard InChI is InChI=1S/C12H21N5S/c1-14-10-7-11(17-12(13)16-10)15-8-4-3-5-9(6-8)18-2/h7-9H,3-6H2,1-2H3,(H4,13,14,15,16,17). The molecule has 0 aliphatic heterocycles. The van der Waals surface area contributed by atoms with Crippen LogP contribution in [0.2, 0.25) is 0 Å². The molecule has 4 N–H and O–H groups in total. The minimum atomic E-state index is 0.307. The molecular formula is C12H21N5S. The lowest BCUT2D eigenvalue weighted by molar-refractivity contribution is 0.473. The van der Waals surface area contributed by atoms with Gasteiger partial charge in [-0.3, -0.25) is 0 Å². The topological polar surface area (TPSA) is 75.9 Å². The van der Waals surface area contributed by atoms with E-state index in [1.807, 2.05) is 24.9 Å². The van der Waals surface area contributed by atoms with Crippen molar-refractivity contribution in [2.24, 2.45) is 0 Å². The molecule has 100 valence electrons. The van der Waals surface area contributed by atoms with E-state index >= 15 is 0 Å². The van der Waals surface area contributed by atoms with E-state index in [0.717, 1.165) is 16.9 Å². The molecule has 1 aromatic heterocycles. The SMILES string of the molecule is CNc1cc(NC2CCCC(SC)C2)nc(N)n1. The number of rotatable bonds is 4. The van der Waals surface area contributed by atoms with Crippen LogP contribution in [0.3, 0.4) is 0 Å². The summed E-state index contributed by atoms with van der Waals surface area (Å²) in [5.41, 5.74) is 5.69. The number of thioether (sulfide) groups is 1. The summed E-state index contributed by atoms with van der Waals surface area (Å²) >= 11 is 1.96. The van der Waals surface area contributed by atoms with E-state index in [1.165, 1.54) is 25.7 Å². The Morgan fingerprint density at radius 2 is 2.11 bits per heavy atom. The highest BCUT2D eigenvalue weighted by atomic mass is 32.2. The fraction of sp³-hybridized carbons (Fsp3) is 0.667. The number of aromatic nitrogens is 2. The molecule has 0 aromatic carbocycles. The van der Waals surface area contributed by atoms with Crippen molar-refractivity contribution in [3.05, 3.63) is 6.07 Å². The quantitative estimate of drug-likeness (QED) is 0.776. The molecule has 1 aliphatic rings. The molecule has 1 heterocycles. The Kier molecular flexibility index (Phi) is 4.52. The Hall–Kier alpha value is -1.17. The van der Waals surface area contributed by atoms with E-state index in [1.54, 1.807) is 0 Å². The van der Waals surface area contributed by atoms with E-state index in [0.29, 0.717) is 12.0 Å². The second-order valence-corrected chi connectivity index (χ2v) is 5.75. The van der Waals surface area contributed by atoms with Crippen LogP contribution in [0.15, 0.2) is 6.07 Å². The Labute approximate surface area is 112 Å². The number of hydrogen-bond donors (Lipinski definition) is 3. The Morgan fingerprint density at radius 3 is 2.83 bits per heavy atom. The second-order valence-electron chi connectivity index (χ2n) is 4.61. The van der Waals surface area contributed by atoms with Crippen LogP contribution in [0.25, 0.3) is 0 Å². The zero-order chi connectivity index (χ0) is 13.0. The number of nitrogens with one attached hydrogen (secondary N) is 2. The fourth-order valence-electron chi connectivity index (χ4n) is 2.37. The maximum atomic E-state index is 5.69. The van der Waals surface area contributed by atoms with E-state index in [-0.39, 0.29) is 0 Å². The van der Waals surface area contributed by atoms with Crippen molar-refractivity contribution in [3.8, 4) is 0 Å². The first-order valence-corrected chi connectivity index (χ1v) is 7.61. The van der Waals surface area contributed by atoms with E-state index in [2.05, 4.69) is 26.9 Å². The monoisotopic (exact) mass is 267 g/mol. The molecule has 0 bridgehead atoms. The highest BCUT2D eigenvalue weighted by molar-refractivity contribution is 7.99. The Bertz CT molecular complexity index is 398. The molecule has 0 amide bonds. The number of nitrogens with zero attached hydrogens (tertiary/aromatic N) is 2. The van der Waals surface area contributed by atoms with Crippen LogP contribution in [0.1, 0.15) is 25.7 Å². The van der Waals surface area contributed by atoms with Gasteiger partial charge in [-0.1, -0.05) is 6.42 Å². The van der Waals surface area contributed by atoms with Crippen molar-refractivity contribution in [3.63, 3.8) is 0 Å². The van der Waals surface area contributed by atoms with Gasteiger partial charge in [0, 0.05) is 24.4 Å². The first-order chi connectivity index (χ1) is 8.71. The third-order valence-electron chi connectivity index (χ3n) is 3.31. The lowest BCUT2D eigenvalue weighted by Crippen LogP contribution is -2.29. The van der Waals surface area contributed by atoms with Crippen LogP contribution in [0, 0.1) is 0 Å². The van der Waals surface area contributed by atoms with E-state index in [4.69, 9.17) is 5.73 Å². The number of nitrogens with two attached hydrogens (primary N) is 1. The molecule has 6 heteroatoms. The molecule has 1 aliphatic carbocycles. The van der Waals surface area contributed by atoms with Gasteiger partial charge in [0.15, 0.2) is 0 Å². The molecule has 1 saturated carbocycles. The third-order valence-corrected chi connectivity index (χ3v) is 4.41. The largest absolute Gasteiger partial charge is 0.373 e. The lowest BCUT2D eigenvalue weighted by atomic mass is 9.95. The molecule has 2 atom stereocenters. The molecule has 2 unspecified atom stereocenters. The zero-order valence-corrected chi connectivity index (χ0v) is 11.8. The summed E-state index contributed by atoms with van der Waals surface area (Å²) in [5.74, 6) is 1.88. The van der Waals surface area contributed by atoms with Crippen molar-refractivity contribution in [2.45, 2.75) is 37.0 Å². The van der Waals surface area contributed by atoms with Gasteiger partial charge in [-0.05, 0) is 25.5 Å². The highest BCUT2D eigenvalue weighted by Crippen LogP contribution is 2.28. The predicted octanol–water partition coefficient (Wildman–Crippen LogP) is 2.19. The number of anilines is 3. The van der Waals surface area contributed by atoms with Crippen LogP contribution < -0.4 is 16.4 Å². The minimum absolute atomic E-state index is 0.307. The van der Waals surface area contributed by atoms with Crippen molar-refractivity contribution < 1.29 is 0 Å². The van der Waals surface area contributed by atoms with Gasteiger partial charge < -0.3 is 16.4 Å². The van der Waals surface area contributed by atoms with Crippen LogP contribution in [-0.4, -0.2) is 34.6 Å². The van der Waals surface area contributed by atoms with Crippen molar-refractivity contribution in [2.75, 3.05) is 29.7 Å². The maximum Gasteiger partial charge on any atom is 0.223 e. The zero-order valence-electron chi connectivity index (χ0n) is 10.9.